The fourth-order valence-electron chi connectivity index (χ4n) is 1.38. The highest BCUT2D eigenvalue weighted by atomic mass is 16.6. The number of hydrogen-bond acceptors (Lipinski definition) is 3. The molecule has 0 saturated carbocycles. The molecule has 0 aliphatic heterocycles. The van der Waals surface area contributed by atoms with E-state index in [4.69, 9.17) is 5.11 Å². The minimum absolute atomic E-state index is 0.0737. The van der Waals surface area contributed by atoms with Crippen molar-refractivity contribution in [2.75, 3.05) is 6.61 Å². The summed E-state index contributed by atoms with van der Waals surface area (Å²) in [5.41, 5.74) is 1.37. The molecule has 1 radical (unpaired) electrons. The number of rotatable bonds is 3. The van der Waals surface area contributed by atoms with E-state index in [2.05, 4.69) is 6.92 Å². The number of nitro groups is 1. The summed E-state index contributed by atoms with van der Waals surface area (Å²) in [6, 6.07) is 4.80. The van der Waals surface area contributed by atoms with Gasteiger partial charge >= 0.3 is 0 Å². The average Bonchev–Trinajstić information content (AvgIpc) is 2.16. The molecule has 14 heavy (non-hydrogen) atoms. The SMILES string of the molecule is [CH2]C(CO)c1cccc([N+](=O)[O-])c1C. The van der Waals surface area contributed by atoms with E-state index in [1.807, 2.05) is 0 Å². The van der Waals surface area contributed by atoms with Gasteiger partial charge in [0.2, 0.25) is 0 Å². The van der Waals surface area contributed by atoms with Gasteiger partial charge in [-0.3, -0.25) is 10.1 Å². The summed E-state index contributed by atoms with van der Waals surface area (Å²) in [5, 5.41) is 19.5. The van der Waals surface area contributed by atoms with Crippen LogP contribution >= 0.6 is 0 Å². The van der Waals surface area contributed by atoms with E-state index in [9.17, 15) is 10.1 Å². The minimum Gasteiger partial charge on any atom is -0.396 e. The third kappa shape index (κ3) is 1.90. The van der Waals surface area contributed by atoms with Crippen LogP contribution in [0.2, 0.25) is 0 Å². The van der Waals surface area contributed by atoms with Crippen LogP contribution in [0.25, 0.3) is 0 Å². The van der Waals surface area contributed by atoms with Crippen LogP contribution in [0.3, 0.4) is 0 Å². The maximum atomic E-state index is 10.6. The van der Waals surface area contributed by atoms with Crippen molar-refractivity contribution in [2.24, 2.45) is 0 Å². The summed E-state index contributed by atoms with van der Waals surface area (Å²) in [6.45, 7) is 5.27. The van der Waals surface area contributed by atoms with E-state index in [-0.39, 0.29) is 18.2 Å². The molecule has 0 amide bonds. The lowest BCUT2D eigenvalue weighted by atomic mass is 9.96. The molecule has 75 valence electrons. The van der Waals surface area contributed by atoms with Gasteiger partial charge in [-0.15, -0.1) is 0 Å². The molecule has 4 heteroatoms. The number of benzene rings is 1. The second kappa shape index (κ2) is 4.19. The molecule has 1 unspecified atom stereocenters. The quantitative estimate of drug-likeness (QED) is 0.589. The van der Waals surface area contributed by atoms with Gasteiger partial charge in [-0.1, -0.05) is 12.1 Å². The second-order valence-electron chi connectivity index (χ2n) is 3.13. The molecule has 4 nitrogen and oxygen atoms in total. The summed E-state index contributed by atoms with van der Waals surface area (Å²) in [6.07, 6.45) is 0. The number of aliphatic hydroxyl groups is 1. The summed E-state index contributed by atoms with van der Waals surface area (Å²) in [5.74, 6) is -0.310. The van der Waals surface area contributed by atoms with E-state index < -0.39 is 4.92 Å². The lowest BCUT2D eigenvalue weighted by Gasteiger charge is -2.11. The van der Waals surface area contributed by atoms with E-state index in [0.717, 1.165) is 5.56 Å². The van der Waals surface area contributed by atoms with Crippen LogP contribution in [-0.2, 0) is 0 Å². The Labute approximate surface area is 82.3 Å². The topological polar surface area (TPSA) is 63.4 Å². The molecule has 1 atom stereocenters. The van der Waals surface area contributed by atoms with Gasteiger partial charge in [0.25, 0.3) is 5.69 Å². The van der Waals surface area contributed by atoms with Crippen LogP contribution in [-0.4, -0.2) is 16.6 Å². The predicted octanol–water partition coefficient (Wildman–Crippen LogP) is 1.81. The fraction of sp³-hybridized carbons (Fsp3) is 0.300. The first-order chi connectivity index (χ1) is 6.57. The van der Waals surface area contributed by atoms with Crippen LogP contribution < -0.4 is 0 Å². The van der Waals surface area contributed by atoms with Crippen LogP contribution in [0.5, 0.6) is 0 Å². The van der Waals surface area contributed by atoms with Gasteiger partial charge in [0.15, 0.2) is 0 Å². The van der Waals surface area contributed by atoms with Crippen molar-refractivity contribution in [2.45, 2.75) is 12.8 Å². The molecule has 0 aliphatic rings. The Kier molecular flexibility index (Phi) is 3.19. The molecule has 0 heterocycles. The van der Waals surface area contributed by atoms with Gasteiger partial charge in [0, 0.05) is 24.2 Å². The summed E-state index contributed by atoms with van der Waals surface area (Å²) in [4.78, 5) is 10.2. The van der Waals surface area contributed by atoms with Gasteiger partial charge in [0.05, 0.1) is 4.92 Å². The summed E-state index contributed by atoms with van der Waals surface area (Å²) < 4.78 is 0. The Balaban J connectivity index is 3.20. The molecular weight excluding hydrogens is 182 g/mol. The molecule has 0 fully saturated rings. The third-order valence-corrected chi connectivity index (χ3v) is 2.20. The lowest BCUT2D eigenvalue weighted by molar-refractivity contribution is -0.385. The van der Waals surface area contributed by atoms with Crippen LogP contribution in [0, 0.1) is 24.0 Å². The largest absolute Gasteiger partial charge is 0.396 e. The van der Waals surface area contributed by atoms with Gasteiger partial charge in [-0.2, -0.15) is 0 Å². The Morgan fingerprint density at radius 2 is 2.29 bits per heavy atom. The van der Waals surface area contributed by atoms with Gasteiger partial charge in [-0.25, -0.2) is 0 Å². The highest BCUT2D eigenvalue weighted by molar-refractivity contribution is 5.46. The molecule has 0 saturated heterocycles. The summed E-state index contributed by atoms with van der Waals surface area (Å²) >= 11 is 0. The maximum Gasteiger partial charge on any atom is 0.272 e. The van der Waals surface area contributed by atoms with Gasteiger partial charge in [-0.05, 0) is 19.4 Å². The summed E-state index contributed by atoms with van der Waals surface area (Å²) in [7, 11) is 0. The van der Waals surface area contributed by atoms with E-state index in [0.29, 0.717) is 5.56 Å². The highest BCUT2D eigenvalue weighted by Gasteiger charge is 2.16. The molecular formula is C10H12NO3. The Morgan fingerprint density at radius 1 is 1.64 bits per heavy atom. The molecule has 0 aliphatic carbocycles. The molecule has 1 rings (SSSR count). The highest BCUT2D eigenvalue weighted by Crippen LogP contribution is 2.26. The van der Waals surface area contributed by atoms with Crippen molar-refractivity contribution >= 4 is 5.69 Å². The zero-order valence-corrected chi connectivity index (χ0v) is 7.93. The smallest absolute Gasteiger partial charge is 0.272 e. The Hall–Kier alpha value is -1.42. The zero-order valence-electron chi connectivity index (χ0n) is 7.93. The van der Waals surface area contributed by atoms with E-state index >= 15 is 0 Å². The molecule has 1 N–H and O–H groups in total. The third-order valence-electron chi connectivity index (χ3n) is 2.20. The Bertz CT molecular complexity index is 349. The molecule has 0 bridgehead atoms. The van der Waals surface area contributed by atoms with Crippen LogP contribution in [0.1, 0.15) is 17.0 Å². The molecule has 0 spiro atoms. The fourth-order valence-corrected chi connectivity index (χ4v) is 1.38. The average molecular weight is 194 g/mol. The normalized spacial score (nSPS) is 12.5. The molecule has 1 aromatic rings. The molecule has 0 aromatic heterocycles. The number of hydrogen-bond donors (Lipinski definition) is 1. The maximum absolute atomic E-state index is 10.6. The number of nitro benzene ring substituents is 1. The lowest BCUT2D eigenvalue weighted by Crippen LogP contribution is -2.03. The van der Waals surface area contributed by atoms with Crippen molar-refractivity contribution in [3.05, 3.63) is 46.4 Å². The van der Waals surface area contributed by atoms with Crippen molar-refractivity contribution in [3.63, 3.8) is 0 Å². The van der Waals surface area contributed by atoms with Crippen LogP contribution in [0.4, 0.5) is 5.69 Å². The number of aliphatic hydroxyl groups excluding tert-OH is 1. The number of nitrogens with zero attached hydrogens (tertiary/aromatic N) is 1. The molecule has 1 aromatic carbocycles. The predicted molar refractivity (Wildman–Crippen MR) is 53.0 cm³/mol. The standard InChI is InChI=1S/C10H12NO3/c1-7(6-12)9-4-3-5-10(8(9)2)11(13)14/h3-5,7,12H,1,6H2,2H3. The van der Waals surface area contributed by atoms with Crippen molar-refractivity contribution < 1.29 is 10.0 Å². The van der Waals surface area contributed by atoms with E-state index in [1.54, 1.807) is 19.1 Å². The van der Waals surface area contributed by atoms with E-state index in [1.165, 1.54) is 6.07 Å². The van der Waals surface area contributed by atoms with Crippen LogP contribution in [0.15, 0.2) is 18.2 Å². The first-order valence-corrected chi connectivity index (χ1v) is 4.25. The first kappa shape index (κ1) is 10.7. The first-order valence-electron chi connectivity index (χ1n) is 4.25. The minimum atomic E-state index is -0.428. The van der Waals surface area contributed by atoms with Crippen molar-refractivity contribution in [1.82, 2.24) is 0 Å². The van der Waals surface area contributed by atoms with Gasteiger partial charge in [0.1, 0.15) is 0 Å². The zero-order chi connectivity index (χ0) is 10.7. The van der Waals surface area contributed by atoms with Gasteiger partial charge < -0.3 is 5.11 Å². The monoisotopic (exact) mass is 194 g/mol. The van der Waals surface area contributed by atoms with Crippen molar-refractivity contribution in [3.8, 4) is 0 Å². The Morgan fingerprint density at radius 3 is 2.79 bits per heavy atom. The van der Waals surface area contributed by atoms with Crippen molar-refractivity contribution in [1.29, 1.82) is 0 Å². The second-order valence-corrected chi connectivity index (χ2v) is 3.13.